The molecule has 1 spiro atoms. The standard InChI is InChI=1S/C16H23NO/c1-12-7-13(2)9-14(8-12)15-10-17-16(11-18-15)5-3-4-6-16/h7-9,15,17H,3-6,10-11H2,1-2H3. The van der Waals surface area contributed by atoms with E-state index in [-0.39, 0.29) is 6.10 Å². The molecule has 2 nitrogen and oxygen atoms in total. The third-order valence-corrected chi connectivity index (χ3v) is 4.40. The lowest BCUT2D eigenvalue weighted by molar-refractivity contribution is -0.0326. The zero-order valence-corrected chi connectivity index (χ0v) is 11.5. The van der Waals surface area contributed by atoms with Crippen molar-refractivity contribution in [2.24, 2.45) is 0 Å². The third kappa shape index (κ3) is 2.32. The van der Waals surface area contributed by atoms with Gasteiger partial charge in [0, 0.05) is 12.1 Å². The second kappa shape index (κ2) is 4.67. The first-order chi connectivity index (χ1) is 8.67. The molecule has 1 saturated carbocycles. The molecule has 1 N–H and O–H groups in total. The highest BCUT2D eigenvalue weighted by Gasteiger charge is 2.38. The molecular formula is C16H23NO. The van der Waals surface area contributed by atoms with Gasteiger partial charge in [-0.05, 0) is 32.3 Å². The maximum atomic E-state index is 6.15. The molecule has 1 saturated heterocycles. The summed E-state index contributed by atoms with van der Waals surface area (Å²) in [5.41, 5.74) is 4.28. The average molecular weight is 245 g/mol. The van der Waals surface area contributed by atoms with E-state index in [4.69, 9.17) is 4.74 Å². The number of benzene rings is 1. The van der Waals surface area contributed by atoms with E-state index in [1.54, 1.807) is 0 Å². The number of rotatable bonds is 1. The second-order valence-electron chi connectivity index (χ2n) is 6.09. The summed E-state index contributed by atoms with van der Waals surface area (Å²) < 4.78 is 6.15. The molecule has 0 radical (unpaired) electrons. The van der Waals surface area contributed by atoms with E-state index in [1.807, 2.05) is 0 Å². The Balaban J connectivity index is 1.72. The molecule has 98 valence electrons. The molecule has 1 unspecified atom stereocenters. The van der Waals surface area contributed by atoms with Gasteiger partial charge in [-0.1, -0.05) is 42.2 Å². The Bertz CT molecular complexity index is 404. The predicted molar refractivity (Wildman–Crippen MR) is 73.8 cm³/mol. The van der Waals surface area contributed by atoms with Crippen LogP contribution in [-0.2, 0) is 4.74 Å². The SMILES string of the molecule is Cc1cc(C)cc(C2CNC3(CCCC3)CO2)c1. The largest absolute Gasteiger partial charge is 0.370 e. The van der Waals surface area contributed by atoms with Crippen molar-refractivity contribution < 1.29 is 4.74 Å². The van der Waals surface area contributed by atoms with Crippen molar-refractivity contribution in [1.29, 1.82) is 0 Å². The fourth-order valence-corrected chi connectivity index (χ4v) is 3.46. The Morgan fingerprint density at radius 2 is 1.78 bits per heavy atom. The van der Waals surface area contributed by atoms with Crippen molar-refractivity contribution >= 4 is 0 Å². The molecule has 2 heteroatoms. The van der Waals surface area contributed by atoms with Crippen LogP contribution >= 0.6 is 0 Å². The van der Waals surface area contributed by atoms with Crippen molar-refractivity contribution in [1.82, 2.24) is 5.32 Å². The van der Waals surface area contributed by atoms with Gasteiger partial charge in [-0.2, -0.15) is 0 Å². The van der Waals surface area contributed by atoms with Gasteiger partial charge in [0.1, 0.15) is 0 Å². The van der Waals surface area contributed by atoms with Crippen LogP contribution in [0, 0.1) is 13.8 Å². The van der Waals surface area contributed by atoms with Gasteiger partial charge >= 0.3 is 0 Å². The molecule has 0 aromatic heterocycles. The van der Waals surface area contributed by atoms with Crippen LogP contribution in [0.25, 0.3) is 0 Å². The van der Waals surface area contributed by atoms with Gasteiger partial charge in [0.2, 0.25) is 0 Å². The van der Waals surface area contributed by atoms with Gasteiger partial charge in [-0.3, -0.25) is 0 Å². The number of hydrogen-bond donors (Lipinski definition) is 1. The molecular weight excluding hydrogens is 222 g/mol. The Hall–Kier alpha value is -0.860. The van der Waals surface area contributed by atoms with E-state index in [0.717, 1.165) is 13.2 Å². The summed E-state index contributed by atoms with van der Waals surface area (Å²) >= 11 is 0. The van der Waals surface area contributed by atoms with Crippen LogP contribution in [0.15, 0.2) is 18.2 Å². The number of nitrogens with one attached hydrogen (secondary N) is 1. The molecule has 3 rings (SSSR count). The molecule has 1 heterocycles. The molecule has 1 aromatic carbocycles. The quantitative estimate of drug-likeness (QED) is 0.820. The highest BCUT2D eigenvalue weighted by atomic mass is 16.5. The van der Waals surface area contributed by atoms with Crippen LogP contribution in [0.3, 0.4) is 0 Å². The molecule has 1 aliphatic carbocycles. The van der Waals surface area contributed by atoms with E-state index in [0.29, 0.717) is 5.54 Å². The topological polar surface area (TPSA) is 21.3 Å². The summed E-state index contributed by atoms with van der Waals surface area (Å²) in [4.78, 5) is 0. The summed E-state index contributed by atoms with van der Waals surface area (Å²) in [7, 11) is 0. The van der Waals surface area contributed by atoms with Crippen LogP contribution in [0.4, 0.5) is 0 Å². The Labute approximate surface area is 110 Å². The monoisotopic (exact) mass is 245 g/mol. The van der Waals surface area contributed by atoms with Crippen LogP contribution < -0.4 is 5.32 Å². The zero-order valence-electron chi connectivity index (χ0n) is 11.5. The van der Waals surface area contributed by atoms with E-state index in [2.05, 4.69) is 37.4 Å². The molecule has 1 aliphatic heterocycles. The summed E-state index contributed by atoms with van der Waals surface area (Å²) in [5, 5.41) is 3.76. The Kier molecular flexibility index (Phi) is 3.16. The lowest BCUT2D eigenvalue weighted by atomic mass is 9.94. The first-order valence-electron chi connectivity index (χ1n) is 7.12. The van der Waals surface area contributed by atoms with Crippen molar-refractivity contribution in [2.45, 2.75) is 51.2 Å². The Morgan fingerprint density at radius 3 is 2.33 bits per heavy atom. The van der Waals surface area contributed by atoms with Crippen molar-refractivity contribution in [2.75, 3.05) is 13.2 Å². The van der Waals surface area contributed by atoms with Gasteiger partial charge in [-0.25, -0.2) is 0 Å². The van der Waals surface area contributed by atoms with Gasteiger partial charge < -0.3 is 10.1 Å². The fourth-order valence-electron chi connectivity index (χ4n) is 3.46. The smallest absolute Gasteiger partial charge is 0.0950 e. The van der Waals surface area contributed by atoms with Crippen molar-refractivity contribution in [3.8, 4) is 0 Å². The molecule has 1 aromatic rings. The van der Waals surface area contributed by atoms with E-state index in [1.165, 1.54) is 42.4 Å². The minimum atomic E-state index is 0.231. The summed E-state index contributed by atoms with van der Waals surface area (Å²) in [6, 6.07) is 6.73. The van der Waals surface area contributed by atoms with E-state index >= 15 is 0 Å². The van der Waals surface area contributed by atoms with Gasteiger partial charge in [-0.15, -0.1) is 0 Å². The maximum Gasteiger partial charge on any atom is 0.0950 e. The second-order valence-corrected chi connectivity index (χ2v) is 6.09. The van der Waals surface area contributed by atoms with E-state index < -0.39 is 0 Å². The number of hydrogen-bond acceptors (Lipinski definition) is 2. The Morgan fingerprint density at radius 1 is 1.11 bits per heavy atom. The predicted octanol–water partition coefficient (Wildman–Crippen LogP) is 3.28. The highest BCUT2D eigenvalue weighted by Crippen LogP contribution is 2.35. The molecule has 1 atom stereocenters. The molecule has 0 amide bonds. The third-order valence-electron chi connectivity index (χ3n) is 4.40. The lowest BCUT2D eigenvalue weighted by Crippen LogP contribution is -2.53. The number of aryl methyl sites for hydroxylation is 2. The highest BCUT2D eigenvalue weighted by molar-refractivity contribution is 5.30. The van der Waals surface area contributed by atoms with Crippen LogP contribution in [-0.4, -0.2) is 18.7 Å². The maximum absolute atomic E-state index is 6.15. The summed E-state index contributed by atoms with van der Waals surface area (Å²) in [6.45, 7) is 6.16. The van der Waals surface area contributed by atoms with Gasteiger partial charge in [0.05, 0.1) is 12.7 Å². The zero-order chi connectivity index (χ0) is 12.6. The normalized spacial score (nSPS) is 26.7. The molecule has 2 aliphatic rings. The van der Waals surface area contributed by atoms with Crippen molar-refractivity contribution in [3.05, 3.63) is 34.9 Å². The van der Waals surface area contributed by atoms with Crippen LogP contribution in [0.2, 0.25) is 0 Å². The molecule has 0 bridgehead atoms. The molecule has 18 heavy (non-hydrogen) atoms. The minimum Gasteiger partial charge on any atom is -0.370 e. The minimum absolute atomic E-state index is 0.231. The summed E-state index contributed by atoms with van der Waals surface area (Å²) in [6.07, 6.45) is 5.50. The van der Waals surface area contributed by atoms with E-state index in [9.17, 15) is 0 Å². The van der Waals surface area contributed by atoms with Gasteiger partial charge in [0.15, 0.2) is 0 Å². The first kappa shape index (κ1) is 12.2. The van der Waals surface area contributed by atoms with Crippen molar-refractivity contribution in [3.63, 3.8) is 0 Å². The number of ether oxygens (including phenoxy) is 1. The van der Waals surface area contributed by atoms with Gasteiger partial charge in [0.25, 0.3) is 0 Å². The summed E-state index contributed by atoms with van der Waals surface area (Å²) in [5.74, 6) is 0. The molecule has 2 fully saturated rings. The lowest BCUT2D eigenvalue weighted by Gasteiger charge is -2.39. The first-order valence-corrected chi connectivity index (χ1v) is 7.12. The number of morpholine rings is 1. The van der Waals surface area contributed by atoms with Crippen LogP contribution in [0.1, 0.15) is 48.5 Å². The van der Waals surface area contributed by atoms with Crippen LogP contribution in [0.5, 0.6) is 0 Å². The average Bonchev–Trinajstić information content (AvgIpc) is 2.77. The fraction of sp³-hybridized carbons (Fsp3) is 0.625.